The Hall–Kier alpha value is -1.89. The van der Waals surface area contributed by atoms with Gasteiger partial charge < -0.3 is 4.90 Å². The van der Waals surface area contributed by atoms with Crippen LogP contribution in [0.3, 0.4) is 0 Å². The summed E-state index contributed by atoms with van der Waals surface area (Å²) in [5.74, 6) is -0.112. The summed E-state index contributed by atoms with van der Waals surface area (Å²) in [6, 6.07) is 14.1. The minimum absolute atomic E-state index is 0.0351. The first-order valence-electron chi connectivity index (χ1n) is 8.37. The van der Waals surface area contributed by atoms with Crippen LogP contribution in [0.1, 0.15) is 30.5 Å². The fourth-order valence-corrected chi connectivity index (χ4v) is 4.26. The zero-order chi connectivity index (χ0) is 18.9. The van der Waals surface area contributed by atoms with Crippen molar-refractivity contribution in [2.75, 3.05) is 11.2 Å². The van der Waals surface area contributed by atoms with E-state index in [1.807, 2.05) is 31.2 Å². The van der Waals surface area contributed by atoms with E-state index in [0.717, 1.165) is 23.9 Å². The van der Waals surface area contributed by atoms with E-state index in [0.29, 0.717) is 10.6 Å². The highest BCUT2D eigenvalue weighted by molar-refractivity contribution is 7.88. The molecular weight excluding hydrogens is 372 g/mol. The van der Waals surface area contributed by atoms with Crippen LogP contribution in [0.25, 0.3) is 0 Å². The summed E-state index contributed by atoms with van der Waals surface area (Å²) in [4.78, 5) is 14.8. The molecule has 0 radical (unpaired) electrons. The lowest BCUT2D eigenvalue weighted by molar-refractivity contribution is -0.119. The highest BCUT2D eigenvalue weighted by Gasteiger charge is 2.32. The minimum atomic E-state index is -3.48. The van der Waals surface area contributed by atoms with Gasteiger partial charge in [0.2, 0.25) is 15.9 Å². The van der Waals surface area contributed by atoms with E-state index in [2.05, 4.69) is 4.72 Å². The average molecular weight is 393 g/mol. The highest BCUT2D eigenvalue weighted by atomic mass is 35.5. The van der Waals surface area contributed by atoms with Crippen LogP contribution in [-0.2, 0) is 21.2 Å². The largest absolute Gasteiger partial charge is 0.309 e. The second-order valence-corrected chi connectivity index (χ2v) is 8.86. The molecule has 3 rings (SSSR count). The van der Waals surface area contributed by atoms with E-state index >= 15 is 0 Å². The number of amides is 1. The summed E-state index contributed by atoms with van der Waals surface area (Å²) < 4.78 is 26.1. The van der Waals surface area contributed by atoms with Gasteiger partial charge in [-0.2, -0.15) is 0 Å². The third-order valence-corrected chi connectivity index (χ3v) is 5.45. The zero-order valence-corrected chi connectivity index (χ0v) is 16.2. The third-order valence-electron chi connectivity index (χ3n) is 4.48. The number of nitrogens with zero attached hydrogens (tertiary/aromatic N) is 1. The lowest BCUT2D eigenvalue weighted by Crippen LogP contribution is -2.39. The van der Waals surface area contributed by atoms with Crippen molar-refractivity contribution in [3.8, 4) is 0 Å². The molecule has 2 aromatic rings. The van der Waals surface area contributed by atoms with Gasteiger partial charge in [0, 0.05) is 23.2 Å². The summed E-state index contributed by atoms with van der Waals surface area (Å²) in [6.07, 6.45) is 1.93. The molecule has 0 saturated heterocycles. The van der Waals surface area contributed by atoms with Crippen LogP contribution < -0.4 is 9.62 Å². The van der Waals surface area contributed by atoms with Crippen LogP contribution in [0, 0.1) is 0 Å². The number of carbonyl (C=O) groups is 1. The van der Waals surface area contributed by atoms with E-state index < -0.39 is 16.1 Å². The van der Waals surface area contributed by atoms with Gasteiger partial charge in [0.1, 0.15) is 0 Å². The normalized spacial score (nSPS) is 17.8. The highest BCUT2D eigenvalue weighted by Crippen LogP contribution is 2.33. The molecule has 1 amide bonds. The Kier molecular flexibility index (Phi) is 5.37. The number of fused-ring (bicyclic) bond motifs is 1. The number of benzene rings is 2. The predicted molar refractivity (Wildman–Crippen MR) is 104 cm³/mol. The predicted octanol–water partition coefficient (Wildman–Crippen LogP) is 3.30. The van der Waals surface area contributed by atoms with E-state index in [-0.39, 0.29) is 18.4 Å². The smallest absolute Gasteiger partial charge is 0.229 e. The van der Waals surface area contributed by atoms with Gasteiger partial charge in [-0.15, -0.1) is 0 Å². The second kappa shape index (κ2) is 7.39. The van der Waals surface area contributed by atoms with Crippen LogP contribution in [-0.4, -0.2) is 26.6 Å². The first kappa shape index (κ1) is 18.9. The summed E-state index contributed by atoms with van der Waals surface area (Å²) in [7, 11) is -3.48. The Morgan fingerprint density at radius 2 is 1.88 bits per heavy atom. The van der Waals surface area contributed by atoms with E-state index in [4.69, 9.17) is 11.6 Å². The number of para-hydroxylation sites is 1. The molecule has 0 saturated carbocycles. The molecule has 0 unspecified atom stereocenters. The summed E-state index contributed by atoms with van der Waals surface area (Å²) in [6.45, 7) is 2.00. The topological polar surface area (TPSA) is 66.5 Å². The first-order valence-corrected chi connectivity index (χ1v) is 10.6. The molecule has 7 heteroatoms. The second-order valence-electron chi connectivity index (χ2n) is 6.64. The van der Waals surface area contributed by atoms with Crippen molar-refractivity contribution in [3.05, 3.63) is 64.7 Å². The minimum Gasteiger partial charge on any atom is -0.309 e. The summed E-state index contributed by atoms with van der Waals surface area (Å²) in [5, 5.41) is 0.556. The van der Waals surface area contributed by atoms with Gasteiger partial charge in [-0.3, -0.25) is 4.79 Å². The van der Waals surface area contributed by atoms with Crippen molar-refractivity contribution in [3.63, 3.8) is 0 Å². The van der Waals surface area contributed by atoms with Crippen molar-refractivity contribution < 1.29 is 13.2 Å². The molecule has 0 spiro atoms. The van der Waals surface area contributed by atoms with Gasteiger partial charge >= 0.3 is 0 Å². The van der Waals surface area contributed by atoms with Crippen molar-refractivity contribution in [2.45, 2.75) is 31.8 Å². The van der Waals surface area contributed by atoms with Gasteiger partial charge in [0.15, 0.2) is 0 Å². The molecule has 1 aliphatic heterocycles. The van der Waals surface area contributed by atoms with Crippen LogP contribution in [0.15, 0.2) is 48.5 Å². The van der Waals surface area contributed by atoms with Gasteiger partial charge in [-0.25, -0.2) is 13.1 Å². The molecule has 26 heavy (non-hydrogen) atoms. The molecule has 0 fully saturated rings. The van der Waals surface area contributed by atoms with E-state index in [9.17, 15) is 13.2 Å². The number of hydrogen-bond donors (Lipinski definition) is 1. The molecule has 1 aliphatic rings. The Morgan fingerprint density at radius 3 is 2.54 bits per heavy atom. The number of halogens is 1. The molecule has 1 heterocycles. The Morgan fingerprint density at radius 1 is 1.23 bits per heavy atom. The third kappa shape index (κ3) is 4.26. The van der Waals surface area contributed by atoms with Gasteiger partial charge in [-0.05, 0) is 42.7 Å². The molecule has 1 N–H and O–H groups in total. The number of nitrogens with one attached hydrogen (secondary N) is 1. The fraction of sp³-hybridized carbons (Fsp3) is 0.316. The maximum atomic E-state index is 13.0. The first-order chi connectivity index (χ1) is 12.2. The number of hydrogen-bond acceptors (Lipinski definition) is 3. The number of anilines is 1. The van der Waals surface area contributed by atoms with Crippen LogP contribution >= 0.6 is 11.6 Å². The maximum absolute atomic E-state index is 13.0. The zero-order valence-electron chi connectivity index (χ0n) is 14.6. The average Bonchev–Trinajstić information content (AvgIpc) is 2.89. The molecule has 0 aliphatic carbocycles. The molecule has 2 aromatic carbocycles. The number of carbonyl (C=O) groups excluding carboxylic acids is 1. The van der Waals surface area contributed by atoms with Crippen molar-refractivity contribution >= 4 is 33.2 Å². The molecule has 5 nitrogen and oxygen atoms in total. The lowest BCUT2D eigenvalue weighted by atomic mass is 10.0. The van der Waals surface area contributed by atoms with Crippen molar-refractivity contribution in [2.24, 2.45) is 0 Å². The van der Waals surface area contributed by atoms with E-state index in [1.165, 1.54) is 0 Å². The van der Waals surface area contributed by atoms with Crippen LogP contribution in [0.4, 0.5) is 5.69 Å². The number of rotatable bonds is 5. The van der Waals surface area contributed by atoms with Crippen LogP contribution in [0.2, 0.25) is 5.02 Å². The Balaban J connectivity index is 1.87. The van der Waals surface area contributed by atoms with Crippen LogP contribution in [0.5, 0.6) is 0 Å². The molecule has 0 bridgehead atoms. The van der Waals surface area contributed by atoms with Gasteiger partial charge in [0.05, 0.1) is 12.3 Å². The Bertz CT molecular complexity index is 913. The summed E-state index contributed by atoms with van der Waals surface area (Å²) in [5.41, 5.74) is 2.74. The van der Waals surface area contributed by atoms with E-state index in [1.54, 1.807) is 29.2 Å². The SMILES string of the molecule is C[C@H]1Cc2ccccc2N1C(=O)C[C@H](NS(C)(=O)=O)c1ccc(Cl)cc1. The lowest BCUT2D eigenvalue weighted by Gasteiger charge is -2.26. The van der Waals surface area contributed by atoms with Crippen molar-refractivity contribution in [1.82, 2.24) is 4.72 Å². The Labute approximate surface area is 159 Å². The fourth-order valence-electron chi connectivity index (χ4n) is 3.40. The molecule has 2 atom stereocenters. The van der Waals surface area contributed by atoms with Gasteiger partial charge in [-0.1, -0.05) is 41.9 Å². The molecular formula is C19H21ClN2O3S. The standard InChI is InChI=1S/C19H21ClN2O3S/c1-13-11-15-5-3-4-6-18(15)22(13)19(23)12-17(21-26(2,24)25)14-7-9-16(20)10-8-14/h3-10,13,17,21H,11-12H2,1-2H3/t13-,17-/m0/s1. The molecule has 138 valence electrons. The van der Waals surface area contributed by atoms with Gasteiger partial charge in [0.25, 0.3) is 0 Å². The quantitative estimate of drug-likeness (QED) is 0.848. The summed E-state index contributed by atoms with van der Waals surface area (Å²) >= 11 is 5.92. The monoisotopic (exact) mass is 392 g/mol. The molecule has 0 aromatic heterocycles. The maximum Gasteiger partial charge on any atom is 0.229 e. The van der Waals surface area contributed by atoms with Crippen molar-refractivity contribution in [1.29, 1.82) is 0 Å². The number of sulfonamides is 1.